The number of aliphatic imine (C=N–C) groups is 1. The first-order valence-electron chi connectivity index (χ1n) is 10.0. The molecule has 0 saturated heterocycles. The van der Waals surface area contributed by atoms with Crippen LogP contribution in [0, 0.1) is 0 Å². The maximum atomic E-state index is 12.2. The number of thioether (sulfide) groups is 1. The summed E-state index contributed by atoms with van der Waals surface area (Å²) in [6.07, 6.45) is 6.80. The van der Waals surface area contributed by atoms with E-state index in [9.17, 15) is 4.79 Å². The van der Waals surface area contributed by atoms with Crippen molar-refractivity contribution in [2.45, 2.75) is 70.3 Å². The van der Waals surface area contributed by atoms with Crippen molar-refractivity contribution >= 4 is 23.6 Å². The Morgan fingerprint density at radius 2 is 2.00 bits per heavy atom. The van der Waals surface area contributed by atoms with E-state index in [1.807, 2.05) is 43.0 Å². The highest BCUT2D eigenvalue weighted by Crippen LogP contribution is 2.28. The average molecular weight is 391 g/mol. The summed E-state index contributed by atoms with van der Waals surface area (Å²) in [5.41, 5.74) is 1.79. The lowest BCUT2D eigenvalue weighted by molar-refractivity contribution is 0.0939. The number of hydrogen-bond donors (Lipinski definition) is 3. The topological polar surface area (TPSA) is 65.5 Å². The second-order valence-corrected chi connectivity index (χ2v) is 8.32. The summed E-state index contributed by atoms with van der Waals surface area (Å²) in [7, 11) is 0. The van der Waals surface area contributed by atoms with Crippen LogP contribution in [-0.4, -0.2) is 42.0 Å². The van der Waals surface area contributed by atoms with Crippen LogP contribution in [-0.2, 0) is 6.54 Å². The lowest BCUT2D eigenvalue weighted by Gasteiger charge is -2.17. The van der Waals surface area contributed by atoms with Crippen LogP contribution < -0.4 is 16.0 Å². The molecule has 3 unspecified atom stereocenters. The van der Waals surface area contributed by atoms with Crippen molar-refractivity contribution < 1.29 is 4.79 Å². The van der Waals surface area contributed by atoms with E-state index in [4.69, 9.17) is 4.99 Å². The Bertz CT molecular complexity index is 617. The van der Waals surface area contributed by atoms with E-state index in [-0.39, 0.29) is 11.9 Å². The van der Waals surface area contributed by atoms with E-state index in [0.717, 1.165) is 29.7 Å². The first kappa shape index (κ1) is 21.6. The zero-order valence-electron chi connectivity index (χ0n) is 17.0. The van der Waals surface area contributed by atoms with Crippen LogP contribution in [0.1, 0.15) is 62.4 Å². The fourth-order valence-electron chi connectivity index (χ4n) is 3.14. The molecule has 1 aromatic carbocycles. The lowest BCUT2D eigenvalue weighted by Crippen LogP contribution is -2.42. The number of amides is 1. The normalized spacial score (nSPS) is 21.0. The standard InChI is InChI=1S/C21H34N4OS/c1-5-15(3)24-20(26)17-9-7-16(8-10-17)14-23-21(22-6-2)25-18-11-12-19(13-18)27-4/h7-10,15,18-19H,5-6,11-14H2,1-4H3,(H,24,26)(H2,22,23,25). The summed E-state index contributed by atoms with van der Waals surface area (Å²) >= 11 is 1.96. The molecule has 0 aliphatic heterocycles. The van der Waals surface area contributed by atoms with Crippen molar-refractivity contribution in [3.8, 4) is 0 Å². The zero-order chi connectivity index (χ0) is 19.6. The molecule has 0 bridgehead atoms. The van der Waals surface area contributed by atoms with Crippen LogP contribution >= 0.6 is 11.8 Å². The Morgan fingerprint density at radius 3 is 2.59 bits per heavy atom. The van der Waals surface area contributed by atoms with Crippen molar-refractivity contribution in [2.24, 2.45) is 4.99 Å². The maximum Gasteiger partial charge on any atom is 0.251 e. The molecule has 27 heavy (non-hydrogen) atoms. The molecule has 0 aromatic heterocycles. The highest BCUT2D eigenvalue weighted by atomic mass is 32.2. The molecule has 0 radical (unpaired) electrons. The van der Waals surface area contributed by atoms with Crippen molar-refractivity contribution in [1.82, 2.24) is 16.0 Å². The maximum absolute atomic E-state index is 12.2. The lowest BCUT2D eigenvalue weighted by atomic mass is 10.1. The van der Waals surface area contributed by atoms with E-state index in [0.29, 0.717) is 18.2 Å². The quantitative estimate of drug-likeness (QED) is 0.469. The fraction of sp³-hybridized carbons (Fsp3) is 0.619. The molecular formula is C21H34N4OS. The third kappa shape index (κ3) is 7.09. The summed E-state index contributed by atoms with van der Waals surface area (Å²) in [5, 5.41) is 10.7. The van der Waals surface area contributed by atoms with E-state index in [1.165, 1.54) is 19.3 Å². The van der Waals surface area contributed by atoms with Crippen molar-refractivity contribution in [1.29, 1.82) is 0 Å². The van der Waals surface area contributed by atoms with E-state index < -0.39 is 0 Å². The summed E-state index contributed by atoms with van der Waals surface area (Å²) in [6, 6.07) is 8.42. The zero-order valence-corrected chi connectivity index (χ0v) is 17.9. The van der Waals surface area contributed by atoms with Crippen LogP contribution in [0.15, 0.2) is 29.3 Å². The van der Waals surface area contributed by atoms with Gasteiger partial charge in [0.1, 0.15) is 0 Å². The third-order valence-corrected chi connectivity index (χ3v) is 6.12. The number of nitrogens with one attached hydrogen (secondary N) is 3. The Balaban J connectivity index is 1.92. The number of nitrogens with zero attached hydrogens (tertiary/aromatic N) is 1. The Kier molecular flexibility index (Phi) is 8.98. The molecule has 150 valence electrons. The van der Waals surface area contributed by atoms with Gasteiger partial charge in [-0.15, -0.1) is 0 Å². The molecule has 1 saturated carbocycles. The number of benzene rings is 1. The van der Waals surface area contributed by atoms with Gasteiger partial charge in [-0.1, -0.05) is 19.1 Å². The van der Waals surface area contributed by atoms with Crippen LogP contribution in [0.5, 0.6) is 0 Å². The largest absolute Gasteiger partial charge is 0.357 e. The van der Waals surface area contributed by atoms with Crippen molar-refractivity contribution in [3.05, 3.63) is 35.4 Å². The molecular weight excluding hydrogens is 356 g/mol. The van der Waals surface area contributed by atoms with E-state index in [1.54, 1.807) is 0 Å². The molecule has 0 spiro atoms. The minimum Gasteiger partial charge on any atom is -0.357 e. The minimum atomic E-state index is -0.0148. The van der Waals surface area contributed by atoms with Crippen LogP contribution in [0.4, 0.5) is 0 Å². The van der Waals surface area contributed by atoms with Gasteiger partial charge in [-0.3, -0.25) is 4.79 Å². The molecule has 2 rings (SSSR count). The Morgan fingerprint density at radius 1 is 1.26 bits per heavy atom. The number of carbonyl (C=O) groups excluding carboxylic acids is 1. The molecule has 1 fully saturated rings. The molecule has 3 atom stereocenters. The predicted molar refractivity (Wildman–Crippen MR) is 117 cm³/mol. The van der Waals surface area contributed by atoms with Gasteiger partial charge in [-0.25, -0.2) is 4.99 Å². The average Bonchev–Trinajstić information content (AvgIpc) is 3.14. The molecule has 1 aliphatic rings. The SMILES string of the molecule is CCNC(=NCc1ccc(C(=O)NC(C)CC)cc1)NC1CCC(SC)C1. The minimum absolute atomic E-state index is 0.0148. The van der Waals surface area contributed by atoms with Gasteiger partial charge in [0, 0.05) is 29.4 Å². The van der Waals surface area contributed by atoms with Crippen LogP contribution in [0.3, 0.4) is 0 Å². The van der Waals surface area contributed by atoms with Crippen molar-refractivity contribution in [2.75, 3.05) is 12.8 Å². The van der Waals surface area contributed by atoms with E-state index >= 15 is 0 Å². The second-order valence-electron chi connectivity index (χ2n) is 7.19. The van der Waals surface area contributed by atoms with Crippen LogP contribution in [0.2, 0.25) is 0 Å². The molecule has 1 aliphatic carbocycles. The van der Waals surface area contributed by atoms with Crippen molar-refractivity contribution in [3.63, 3.8) is 0 Å². The molecule has 3 N–H and O–H groups in total. The van der Waals surface area contributed by atoms with E-state index in [2.05, 4.69) is 36.1 Å². The second kappa shape index (κ2) is 11.2. The highest BCUT2D eigenvalue weighted by molar-refractivity contribution is 7.99. The van der Waals surface area contributed by atoms with Crippen LogP contribution in [0.25, 0.3) is 0 Å². The van der Waals surface area contributed by atoms with Gasteiger partial charge in [-0.2, -0.15) is 11.8 Å². The molecule has 1 amide bonds. The summed E-state index contributed by atoms with van der Waals surface area (Å²) < 4.78 is 0. The van der Waals surface area contributed by atoms with Gasteiger partial charge in [0.2, 0.25) is 0 Å². The Hall–Kier alpha value is -1.69. The number of hydrogen-bond acceptors (Lipinski definition) is 3. The number of rotatable bonds is 8. The van der Waals surface area contributed by atoms with Gasteiger partial charge in [0.25, 0.3) is 5.91 Å². The smallest absolute Gasteiger partial charge is 0.251 e. The molecule has 1 aromatic rings. The van der Waals surface area contributed by atoms with Gasteiger partial charge in [0.15, 0.2) is 5.96 Å². The van der Waals surface area contributed by atoms with Gasteiger partial charge in [0.05, 0.1) is 6.54 Å². The summed E-state index contributed by atoms with van der Waals surface area (Å²) in [6.45, 7) is 7.61. The first-order valence-corrected chi connectivity index (χ1v) is 11.3. The number of guanidine groups is 1. The molecule has 5 nitrogen and oxygen atoms in total. The first-order chi connectivity index (χ1) is 13.0. The predicted octanol–water partition coefficient (Wildman–Crippen LogP) is 3.55. The molecule has 0 heterocycles. The third-order valence-electron chi connectivity index (χ3n) is 5.03. The highest BCUT2D eigenvalue weighted by Gasteiger charge is 2.24. The summed E-state index contributed by atoms with van der Waals surface area (Å²) in [5.74, 6) is 0.863. The molecule has 6 heteroatoms. The summed E-state index contributed by atoms with van der Waals surface area (Å²) in [4.78, 5) is 16.9. The number of carbonyl (C=O) groups is 1. The Labute approximate surface area is 168 Å². The fourth-order valence-corrected chi connectivity index (χ4v) is 3.94. The van der Waals surface area contributed by atoms with Gasteiger partial charge < -0.3 is 16.0 Å². The monoisotopic (exact) mass is 390 g/mol. The van der Waals surface area contributed by atoms with Gasteiger partial charge >= 0.3 is 0 Å². The van der Waals surface area contributed by atoms with Gasteiger partial charge in [-0.05, 0) is 63.5 Å².